The van der Waals surface area contributed by atoms with Crippen LogP contribution in [0.5, 0.6) is 5.75 Å². The van der Waals surface area contributed by atoms with Crippen LogP contribution in [0.25, 0.3) is 0 Å². The van der Waals surface area contributed by atoms with Crippen molar-refractivity contribution >= 4 is 29.9 Å². The van der Waals surface area contributed by atoms with Gasteiger partial charge in [0, 0.05) is 20.6 Å². The maximum absolute atomic E-state index is 5.41. The Bertz CT molecular complexity index is 713. The lowest BCUT2D eigenvalue weighted by Crippen LogP contribution is -2.38. The molecule has 1 aromatic heterocycles. The van der Waals surface area contributed by atoms with Gasteiger partial charge in [0.15, 0.2) is 11.8 Å². The number of halogens is 1. The van der Waals surface area contributed by atoms with Crippen LogP contribution >= 0.6 is 24.0 Å². The molecule has 0 saturated carbocycles. The quantitative estimate of drug-likeness (QED) is 0.394. The van der Waals surface area contributed by atoms with Gasteiger partial charge in [0.1, 0.15) is 11.6 Å². The zero-order valence-electron chi connectivity index (χ0n) is 15.5. The first-order chi connectivity index (χ1) is 11.5. The molecule has 2 aromatic rings. The Balaban J connectivity index is 0.00000312. The third kappa shape index (κ3) is 5.87. The van der Waals surface area contributed by atoms with Gasteiger partial charge in [-0.3, -0.25) is 4.99 Å². The molecule has 2 N–H and O–H groups in total. The van der Waals surface area contributed by atoms with E-state index in [9.17, 15) is 0 Å². The second kappa shape index (κ2) is 10.2. The summed E-state index contributed by atoms with van der Waals surface area (Å²) < 4.78 is 7.37. The summed E-state index contributed by atoms with van der Waals surface area (Å²) in [5.74, 6) is 3.42. The van der Waals surface area contributed by atoms with Gasteiger partial charge >= 0.3 is 0 Å². The molecular formula is C17H27IN6O. The van der Waals surface area contributed by atoms with E-state index in [-0.39, 0.29) is 24.0 Å². The molecule has 0 unspecified atom stereocenters. The molecular weight excluding hydrogens is 431 g/mol. The predicted molar refractivity (Wildman–Crippen MR) is 111 cm³/mol. The van der Waals surface area contributed by atoms with Crippen molar-refractivity contribution in [2.75, 3.05) is 20.7 Å². The number of hydrogen-bond donors (Lipinski definition) is 2. The molecule has 1 aromatic carbocycles. The van der Waals surface area contributed by atoms with E-state index in [0.29, 0.717) is 6.54 Å². The van der Waals surface area contributed by atoms with E-state index in [2.05, 4.69) is 44.9 Å². The van der Waals surface area contributed by atoms with Gasteiger partial charge in [-0.1, -0.05) is 17.7 Å². The molecule has 0 atom stereocenters. The lowest BCUT2D eigenvalue weighted by molar-refractivity contribution is 0.409. The van der Waals surface area contributed by atoms with Crippen LogP contribution in [0.3, 0.4) is 0 Å². The number of ether oxygens (including phenoxy) is 1. The van der Waals surface area contributed by atoms with Gasteiger partial charge < -0.3 is 19.9 Å². The Kier molecular flexibility index (Phi) is 8.67. The smallest absolute Gasteiger partial charge is 0.191 e. The fourth-order valence-corrected chi connectivity index (χ4v) is 2.41. The van der Waals surface area contributed by atoms with Crippen LogP contribution in [0.15, 0.2) is 23.2 Å². The van der Waals surface area contributed by atoms with Crippen molar-refractivity contribution in [2.24, 2.45) is 12.0 Å². The third-order valence-electron chi connectivity index (χ3n) is 3.94. The minimum Gasteiger partial charge on any atom is -0.496 e. The largest absolute Gasteiger partial charge is 0.496 e. The van der Waals surface area contributed by atoms with Crippen LogP contribution in [-0.2, 0) is 20.0 Å². The number of nitrogens with one attached hydrogen (secondary N) is 2. The van der Waals surface area contributed by atoms with E-state index < -0.39 is 0 Å². The summed E-state index contributed by atoms with van der Waals surface area (Å²) in [7, 11) is 5.40. The van der Waals surface area contributed by atoms with Crippen LogP contribution in [0, 0.1) is 13.8 Å². The molecule has 7 nitrogen and oxygen atoms in total. The van der Waals surface area contributed by atoms with Crippen molar-refractivity contribution < 1.29 is 4.74 Å². The molecule has 0 spiro atoms. The van der Waals surface area contributed by atoms with Crippen molar-refractivity contribution in [3.63, 3.8) is 0 Å². The van der Waals surface area contributed by atoms with Gasteiger partial charge in [-0.25, -0.2) is 0 Å². The number of aliphatic imine (C=N–C) groups is 1. The summed E-state index contributed by atoms with van der Waals surface area (Å²) in [6.07, 6.45) is 0.856. The van der Waals surface area contributed by atoms with E-state index >= 15 is 0 Å². The summed E-state index contributed by atoms with van der Waals surface area (Å²) in [5.41, 5.74) is 2.41. The summed E-state index contributed by atoms with van der Waals surface area (Å²) >= 11 is 0. The molecule has 2 rings (SSSR count). The Morgan fingerprint density at radius 1 is 1.24 bits per heavy atom. The topological polar surface area (TPSA) is 76.4 Å². The molecule has 138 valence electrons. The first-order valence-corrected chi connectivity index (χ1v) is 7.98. The van der Waals surface area contributed by atoms with Gasteiger partial charge in [0.2, 0.25) is 0 Å². The number of aryl methyl sites for hydroxylation is 2. The molecule has 0 fully saturated rings. The van der Waals surface area contributed by atoms with Crippen LogP contribution in [0.2, 0.25) is 0 Å². The molecule has 0 bridgehead atoms. The van der Waals surface area contributed by atoms with E-state index in [4.69, 9.17) is 4.74 Å². The molecule has 0 aliphatic heterocycles. The van der Waals surface area contributed by atoms with Crippen LogP contribution < -0.4 is 15.4 Å². The van der Waals surface area contributed by atoms with Crippen LogP contribution in [0.1, 0.15) is 22.8 Å². The number of hydrogen-bond acceptors (Lipinski definition) is 4. The zero-order valence-corrected chi connectivity index (χ0v) is 17.8. The summed E-state index contributed by atoms with van der Waals surface area (Å²) in [4.78, 5) is 4.24. The van der Waals surface area contributed by atoms with E-state index in [1.807, 2.05) is 24.6 Å². The Labute approximate surface area is 166 Å². The number of rotatable bonds is 6. The van der Waals surface area contributed by atoms with Gasteiger partial charge in [0.25, 0.3) is 0 Å². The molecule has 0 amide bonds. The van der Waals surface area contributed by atoms with E-state index in [1.54, 1.807) is 14.2 Å². The van der Waals surface area contributed by atoms with Crippen molar-refractivity contribution in [3.05, 3.63) is 41.0 Å². The first-order valence-electron chi connectivity index (χ1n) is 7.98. The number of methoxy groups -OCH3 is 1. The molecule has 0 aliphatic rings. The summed E-state index contributed by atoms with van der Waals surface area (Å²) in [5, 5.41) is 14.7. The fraction of sp³-hybridized carbons (Fsp3) is 0.471. The zero-order chi connectivity index (χ0) is 17.5. The van der Waals surface area contributed by atoms with Gasteiger partial charge in [0.05, 0.1) is 13.7 Å². The van der Waals surface area contributed by atoms with Gasteiger partial charge in [-0.15, -0.1) is 34.2 Å². The van der Waals surface area contributed by atoms with Crippen molar-refractivity contribution in [1.29, 1.82) is 0 Å². The summed E-state index contributed by atoms with van der Waals surface area (Å²) in [6, 6.07) is 6.21. The van der Waals surface area contributed by atoms with E-state index in [1.165, 1.54) is 11.1 Å². The maximum Gasteiger partial charge on any atom is 0.191 e. The normalized spacial score (nSPS) is 11.0. The minimum atomic E-state index is 0. The standard InChI is InChI=1S/C17H26N6O.HI/c1-12-6-7-15(24-5)14(10-12)8-9-19-17(18-3)20-11-16-22-21-13(2)23(16)4;/h6-7,10H,8-9,11H2,1-5H3,(H2,18,19,20);1H. The second-order valence-electron chi connectivity index (χ2n) is 5.64. The Morgan fingerprint density at radius 3 is 2.60 bits per heavy atom. The van der Waals surface area contributed by atoms with Crippen molar-refractivity contribution in [1.82, 2.24) is 25.4 Å². The van der Waals surface area contributed by atoms with Crippen LogP contribution in [0.4, 0.5) is 0 Å². The van der Waals surface area contributed by atoms with E-state index in [0.717, 1.165) is 36.3 Å². The fourth-order valence-electron chi connectivity index (χ4n) is 2.41. The molecule has 0 radical (unpaired) electrons. The Hall–Kier alpha value is -1.84. The summed E-state index contributed by atoms with van der Waals surface area (Å²) in [6.45, 7) is 5.35. The first kappa shape index (κ1) is 21.2. The number of guanidine groups is 1. The highest BCUT2D eigenvalue weighted by Crippen LogP contribution is 2.19. The predicted octanol–water partition coefficient (Wildman–Crippen LogP) is 1.97. The average molecular weight is 458 g/mol. The highest BCUT2D eigenvalue weighted by atomic mass is 127. The Morgan fingerprint density at radius 2 is 2.00 bits per heavy atom. The second-order valence-corrected chi connectivity index (χ2v) is 5.64. The molecule has 1 heterocycles. The highest BCUT2D eigenvalue weighted by Gasteiger charge is 2.07. The van der Waals surface area contributed by atoms with Crippen molar-refractivity contribution in [2.45, 2.75) is 26.8 Å². The average Bonchev–Trinajstić information content (AvgIpc) is 2.90. The molecule has 25 heavy (non-hydrogen) atoms. The molecule has 0 aliphatic carbocycles. The minimum absolute atomic E-state index is 0. The van der Waals surface area contributed by atoms with Crippen LogP contribution in [-0.4, -0.2) is 41.4 Å². The number of aromatic nitrogens is 3. The highest BCUT2D eigenvalue weighted by molar-refractivity contribution is 14.0. The SMILES string of the molecule is CN=C(NCCc1cc(C)ccc1OC)NCc1nnc(C)n1C.I. The lowest BCUT2D eigenvalue weighted by Gasteiger charge is -2.13. The van der Waals surface area contributed by atoms with Gasteiger partial charge in [-0.05, 0) is 31.9 Å². The third-order valence-corrected chi connectivity index (χ3v) is 3.94. The molecule has 0 saturated heterocycles. The van der Waals surface area contributed by atoms with Gasteiger partial charge in [-0.2, -0.15) is 0 Å². The lowest BCUT2D eigenvalue weighted by atomic mass is 10.1. The monoisotopic (exact) mass is 458 g/mol. The van der Waals surface area contributed by atoms with Crippen molar-refractivity contribution in [3.8, 4) is 5.75 Å². The molecule has 8 heteroatoms. The maximum atomic E-state index is 5.41. The number of benzene rings is 1. The number of nitrogens with zero attached hydrogens (tertiary/aromatic N) is 4.